The van der Waals surface area contributed by atoms with Crippen LogP contribution in [-0.2, 0) is 4.74 Å². The van der Waals surface area contributed by atoms with E-state index in [0.29, 0.717) is 31.2 Å². The number of carbonyl (C=O) groups excluding carboxylic acids is 2. The van der Waals surface area contributed by atoms with Gasteiger partial charge in [0.15, 0.2) is 5.76 Å². The Bertz CT molecular complexity index is 979. The van der Waals surface area contributed by atoms with Crippen LogP contribution in [0, 0.1) is 0 Å². The monoisotopic (exact) mass is 425 g/mol. The number of hydrogen-bond donors (Lipinski definition) is 2. The van der Waals surface area contributed by atoms with Gasteiger partial charge in [0, 0.05) is 31.7 Å². The van der Waals surface area contributed by atoms with E-state index in [1.54, 1.807) is 12.1 Å². The molecule has 0 radical (unpaired) electrons. The van der Waals surface area contributed by atoms with Crippen LogP contribution in [-0.4, -0.2) is 51.2 Å². The van der Waals surface area contributed by atoms with Crippen molar-refractivity contribution >= 4 is 28.2 Å². The van der Waals surface area contributed by atoms with Crippen molar-refractivity contribution in [2.24, 2.45) is 0 Å². The molecule has 1 saturated heterocycles. The van der Waals surface area contributed by atoms with Gasteiger partial charge in [-0.15, -0.1) is 11.3 Å². The summed E-state index contributed by atoms with van der Waals surface area (Å²) < 4.78 is 10.5. The average Bonchev–Trinajstić information content (AvgIpc) is 3.48. The maximum atomic E-state index is 12.7. The Morgan fingerprint density at radius 2 is 1.70 bits per heavy atom. The fraction of sp³-hybridized carbons (Fsp3) is 0.273. The van der Waals surface area contributed by atoms with Crippen molar-refractivity contribution in [1.82, 2.24) is 10.6 Å². The molecule has 0 atom stereocenters. The van der Waals surface area contributed by atoms with Gasteiger partial charge in [-0.2, -0.15) is 0 Å². The second kappa shape index (κ2) is 9.60. The Morgan fingerprint density at radius 1 is 0.967 bits per heavy atom. The minimum Gasteiger partial charge on any atom is -0.459 e. The number of rotatable bonds is 7. The molecule has 2 aromatic heterocycles. The first-order valence-electron chi connectivity index (χ1n) is 9.84. The number of anilines is 1. The molecule has 7 nitrogen and oxygen atoms in total. The van der Waals surface area contributed by atoms with Crippen LogP contribution in [0.2, 0.25) is 0 Å². The third-order valence-corrected chi connectivity index (χ3v) is 5.96. The molecule has 0 aliphatic carbocycles. The Kier molecular flexibility index (Phi) is 6.46. The van der Waals surface area contributed by atoms with E-state index in [2.05, 4.69) is 27.7 Å². The first kappa shape index (κ1) is 20.2. The van der Waals surface area contributed by atoms with Gasteiger partial charge in [-0.1, -0.05) is 30.3 Å². The van der Waals surface area contributed by atoms with Crippen LogP contribution < -0.4 is 15.5 Å². The first-order valence-corrected chi connectivity index (χ1v) is 10.7. The zero-order valence-corrected chi connectivity index (χ0v) is 17.2. The lowest BCUT2D eigenvalue weighted by molar-refractivity contribution is 0.0911. The Morgan fingerprint density at radius 3 is 2.40 bits per heavy atom. The minimum atomic E-state index is -0.300. The zero-order valence-electron chi connectivity index (χ0n) is 16.4. The second-order valence-corrected chi connectivity index (χ2v) is 7.81. The third kappa shape index (κ3) is 4.72. The lowest BCUT2D eigenvalue weighted by atomic mass is 10.1. The quantitative estimate of drug-likeness (QED) is 0.569. The van der Waals surface area contributed by atoms with Gasteiger partial charge in [0.2, 0.25) is 0 Å². The summed E-state index contributed by atoms with van der Waals surface area (Å²) in [5.41, 5.74) is 2.14. The van der Waals surface area contributed by atoms with Gasteiger partial charge in [-0.05, 0) is 23.8 Å². The smallest absolute Gasteiger partial charge is 0.287 e. The van der Waals surface area contributed by atoms with Gasteiger partial charge < -0.3 is 24.7 Å². The third-order valence-electron chi connectivity index (χ3n) is 4.76. The van der Waals surface area contributed by atoms with E-state index < -0.39 is 0 Å². The SMILES string of the molecule is O=C(NCCNC(=O)c1cc(-c2ccccc2)c(N2CCOCC2)s1)c1ccco1. The molecule has 2 amide bonds. The number of carbonyl (C=O) groups is 2. The molecule has 3 heterocycles. The van der Waals surface area contributed by atoms with Gasteiger partial charge in [0.1, 0.15) is 0 Å². The lowest BCUT2D eigenvalue weighted by Crippen LogP contribution is -2.36. The summed E-state index contributed by atoms with van der Waals surface area (Å²) >= 11 is 1.49. The van der Waals surface area contributed by atoms with Crippen molar-refractivity contribution < 1.29 is 18.7 Å². The molecule has 0 saturated carbocycles. The fourth-order valence-corrected chi connectivity index (χ4v) is 4.40. The molecule has 1 fully saturated rings. The number of nitrogens with zero attached hydrogens (tertiary/aromatic N) is 1. The predicted molar refractivity (Wildman–Crippen MR) is 116 cm³/mol. The number of benzene rings is 1. The highest BCUT2D eigenvalue weighted by Gasteiger charge is 2.21. The molecule has 1 aliphatic heterocycles. The number of furan rings is 1. The molecule has 156 valence electrons. The standard InChI is InChI=1S/C22H23N3O4S/c26-20(18-7-4-12-29-18)23-8-9-24-21(27)19-15-17(16-5-2-1-3-6-16)22(30-19)25-10-13-28-14-11-25/h1-7,12,15H,8-11,13-14H2,(H,23,26)(H,24,27). The van der Waals surface area contributed by atoms with E-state index in [1.807, 2.05) is 24.3 Å². The maximum Gasteiger partial charge on any atom is 0.287 e. The van der Waals surface area contributed by atoms with Crippen LogP contribution in [0.4, 0.5) is 5.00 Å². The summed E-state index contributed by atoms with van der Waals surface area (Å²) in [5.74, 6) is -0.197. The Labute approximate surface area is 178 Å². The Balaban J connectivity index is 1.42. The van der Waals surface area contributed by atoms with Crippen molar-refractivity contribution in [3.8, 4) is 11.1 Å². The highest BCUT2D eigenvalue weighted by molar-refractivity contribution is 7.18. The van der Waals surface area contributed by atoms with Crippen LogP contribution in [0.1, 0.15) is 20.2 Å². The Hall–Kier alpha value is -3.10. The van der Waals surface area contributed by atoms with E-state index in [0.717, 1.165) is 29.2 Å². The van der Waals surface area contributed by atoms with Crippen molar-refractivity contribution in [2.75, 3.05) is 44.3 Å². The zero-order chi connectivity index (χ0) is 20.8. The molecule has 3 aromatic rings. The predicted octanol–water partition coefficient (Wildman–Crippen LogP) is 3.00. The number of morpholine rings is 1. The second-order valence-electron chi connectivity index (χ2n) is 6.78. The molecule has 0 spiro atoms. The van der Waals surface area contributed by atoms with E-state index in [9.17, 15) is 9.59 Å². The average molecular weight is 426 g/mol. The van der Waals surface area contributed by atoms with Crippen molar-refractivity contribution in [3.05, 3.63) is 65.4 Å². The van der Waals surface area contributed by atoms with Gasteiger partial charge in [-0.25, -0.2) is 0 Å². The molecular weight excluding hydrogens is 402 g/mol. The van der Waals surface area contributed by atoms with E-state index in [-0.39, 0.29) is 17.6 Å². The molecule has 8 heteroatoms. The van der Waals surface area contributed by atoms with E-state index in [4.69, 9.17) is 9.15 Å². The molecule has 1 aliphatic rings. The summed E-state index contributed by atoms with van der Waals surface area (Å²) in [5, 5.41) is 6.68. The molecule has 4 rings (SSSR count). The van der Waals surface area contributed by atoms with Crippen LogP contribution >= 0.6 is 11.3 Å². The van der Waals surface area contributed by atoms with Crippen molar-refractivity contribution in [1.29, 1.82) is 0 Å². The number of hydrogen-bond acceptors (Lipinski definition) is 6. The highest BCUT2D eigenvalue weighted by Crippen LogP contribution is 2.39. The van der Waals surface area contributed by atoms with Gasteiger partial charge in [-0.3, -0.25) is 9.59 Å². The maximum absolute atomic E-state index is 12.7. The molecule has 1 aromatic carbocycles. The van der Waals surface area contributed by atoms with Crippen molar-refractivity contribution in [2.45, 2.75) is 0 Å². The number of amides is 2. The minimum absolute atomic E-state index is 0.149. The van der Waals surface area contributed by atoms with Gasteiger partial charge in [0.05, 0.1) is 29.4 Å². The number of thiophene rings is 1. The molecule has 30 heavy (non-hydrogen) atoms. The molecular formula is C22H23N3O4S. The van der Waals surface area contributed by atoms with Gasteiger partial charge in [0.25, 0.3) is 11.8 Å². The van der Waals surface area contributed by atoms with E-state index >= 15 is 0 Å². The molecule has 0 bridgehead atoms. The summed E-state index contributed by atoms with van der Waals surface area (Å²) in [7, 11) is 0. The molecule has 0 unspecified atom stereocenters. The highest BCUT2D eigenvalue weighted by atomic mass is 32.1. The summed E-state index contributed by atoms with van der Waals surface area (Å²) in [6.45, 7) is 3.63. The summed E-state index contributed by atoms with van der Waals surface area (Å²) in [6, 6.07) is 15.3. The molecule has 2 N–H and O–H groups in total. The summed E-state index contributed by atoms with van der Waals surface area (Å²) in [4.78, 5) is 27.5. The first-order chi connectivity index (χ1) is 14.7. The normalized spacial score (nSPS) is 13.8. The van der Waals surface area contributed by atoms with Crippen LogP contribution in [0.25, 0.3) is 11.1 Å². The topological polar surface area (TPSA) is 83.8 Å². The largest absolute Gasteiger partial charge is 0.459 e. The number of nitrogens with one attached hydrogen (secondary N) is 2. The van der Waals surface area contributed by atoms with Gasteiger partial charge >= 0.3 is 0 Å². The lowest BCUT2D eigenvalue weighted by Gasteiger charge is -2.28. The van der Waals surface area contributed by atoms with Crippen LogP contribution in [0.5, 0.6) is 0 Å². The van der Waals surface area contributed by atoms with E-state index in [1.165, 1.54) is 17.6 Å². The fourth-order valence-electron chi connectivity index (χ4n) is 3.25. The summed E-state index contributed by atoms with van der Waals surface area (Å²) in [6.07, 6.45) is 1.45. The van der Waals surface area contributed by atoms with Crippen LogP contribution in [0.15, 0.2) is 59.2 Å². The van der Waals surface area contributed by atoms with Crippen LogP contribution in [0.3, 0.4) is 0 Å². The number of ether oxygens (including phenoxy) is 1. The van der Waals surface area contributed by atoms with Crippen molar-refractivity contribution in [3.63, 3.8) is 0 Å².